The van der Waals surface area contributed by atoms with E-state index in [0.29, 0.717) is 0 Å². The van der Waals surface area contributed by atoms with Gasteiger partial charge in [0.15, 0.2) is 0 Å². The number of rotatable bonds is 6. The fourth-order valence-corrected chi connectivity index (χ4v) is 10.6. The number of benzene rings is 10. The smallest absolute Gasteiger partial charge is 0.252 e. The standard InChI is InChI=1S/C58H39BN4/c1-6-21-40(22-7-1)60(41-23-8-2-9-24-41)50-38-37-45-47-39-54-56-58(57(47)63(44-29-14-5-15-30-44)53-36-20-31-46(50)55(45)53)62(43-27-12-4-13-28-43)52-35-19-17-33-49(52)59(56)48-32-16-18-34-51(48)61(54)42-25-10-3-11-26-42/h1-39H. The van der Waals surface area contributed by atoms with E-state index in [9.17, 15) is 0 Å². The van der Waals surface area contributed by atoms with Crippen molar-refractivity contribution in [3.63, 3.8) is 0 Å². The van der Waals surface area contributed by atoms with Crippen molar-refractivity contribution in [2.24, 2.45) is 0 Å². The first-order valence-corrected chi connectivity index (χ1v) is 21.7. The van der Waals surface area contributed by atoms with E-state index < -0.39 is 0 Å². The van der Waals surface area contributed by atoms with Crippen LogP contribution in [-0.4, -0.2) is 6.71 Å². The predicted molar refractivity (Wildman–Crippen MR) is 266 cm³/mol. The minimum Gasteiger partial charge on any atom is -0.311 e. The Bertz CT molecular complexity index is 3310. The van der Waals surface area contributed by atoms with Crippen molar-refractivity contribution < 1.29 is 0 Å². The molecule has 3 aliphatic heterocycles. The summed E-state index contributed by atoms with van der Waals surface area (Å²) in [5, 5.41) is 2.40. The maximum absolute atomic E-state index is 2.55. The van der Waals surface area contributed by atoms with Crippen LogP contribution in [0.15, 0.2) is 237 Å². The van der Waals surface area contributed by atoms with Crippen LogP contribution in [0.25, 0.3) is 21.9 Å². The molecule has 4 nitrogen and oxygen atoms in total. The average Bonchev–Trinajstić information content (AvgIpc) is 3.36. The minimum atomic E-state index is -0.00452. The zero-order chi connectivity index (χ0) is 41.4. The van der Waals surface area contributed by atoms with Gasteiger partial charge in [0.05, 0.1) is 22.7 Å². The van der Waals surface area contributed by atoms with Crippen molar-refractivity contribution in [2.75, 3.05) is 19.6 Å². The van der Waals surface area contributed by atoms with Crippen LogP contribution in [0.3, 0.4) is 0 Å². The van der Waals surface area contributed by atoms with E-state index in [0.717, 1.165) is 39.8 Å². The van der Waals surface area contributed by atoms with Gasteiger partial charge in [-0.1, -0.05) is 146 Å². The van der Waals surface area contributed by atoms with Crippen molar-refractivity contribution in [1.29, 1.82) is 0 Å². The summed E-state index contributed by atoms with van der Waals surface area (Å²) >= 11 is 0. The molecule has 0 fully saturated rings. The summed E-state index contributed by atoms with van der Waals surface area (Å²) in [6, 6.07) is 86.5. The van der Waals surface area contributed by atoms with Gasteiger partial charge in [0, 0.05) is 61.8 Å². The van der Waals surface area contributed by atoms with Gasteiger partial charge in [-0.2, -0.15) is 0 Å². The molecule has 5 heteroatoms. The van der Waals surface area contributed by atoms with Gasteiger partial charge in [-0.25, -0.2) is 0 Å². The lowest BCUT2D eigenvalue weighted by Crippen LogP contribution is -2.61. The Kier molecular flexibility index (Phi) is 7.97. The van der Waals surface area contributed by atoms with Crippen molar-refractivity contribution in [1.82, 2.24) is 0 Å². The molecule has 0 N–H and O–H groups in total. The summed E-state index contributed by atoms with van der Waals surface area (Å²) in [5.41, 5.74) is 20.1. The molecule has 0 atom stereocenters. The van der Waals surface area contributed by atoms with E-state index >= 15 is 0 Å². The topological polar surface area (TPSA) is 13.0 Å². The Labute approximate surface area is 367 Å². The maximum Gasteiger partial charge on any atom is 0.252 e. The first-order chi connectivity index (χ1) is 31.3. The normalized spacial score (nSPS) is 13.0. The summed E-state index contributed by atoms with van der Waals surface area (Å²) in [6.07, 6.45) is 0. The first-order valence-electron chi connectivity index (χ1n) is 21.7. The van der Waals surface area contributed by atoms with Crippen molar-refractivity contribution in [2.45, 2.75) is 0 Å². The molecule has 0 spiro atoms. The zero-order valence-corrected chi connectivity index (χ0v) is 34.4. The highest BCUT2D eigenvalue weighted by Crippen LogP contribution is 2.60. The SMILES string of the molecule is c1ccc(N2c3ccccc3B3c4ccccc4N(c4ccccc4)c4c3c2cc2c4N(c3ccccc3)c3cccc4c(N(c5ccccc5)c5ccccc5)ccc-2c34)cc1. The summed E-state index contributed by atoms with van der Waals surface area (Å²) < 4.78 is 0. The highest BCUT2D eigenvalue weighted by molar-refractivity contribution is 7.00. The number of hydrogen-bond donors (Lipinski definition) is 0. The van der Waals surface area contributed by atoms with Crippen LogP contribution in [0.5, 0.6) is 0 Å². The molecule has 3 aliphatic rings. The molecule has 0 bridgehead atoms. The largest absolute Gasteiger partial charge is 0.311 e. The number of nitrogens with zero attached hydrogens (tertiary/aromatic N) is 4. The number of para-hydroxylation sites is 7. The fourth-order valence-electron chi connectivity index (χ4n) is 10.6. The van der Waals surface area contributed by atoms with Crippen molar-refractivity contribution >= 4 is 102 Å². The van der Waals surface area contributed by atoms with Crippen LogP contribution >= 0.6 is 0 Å². The van der Waals surface area contributed by atoms with E-state index in [-0.39, 0.29) is 6.71 Å². The Morgan fingerprint density at radius 3 is 1.37 bits per heavy atom. The minimum absolute atomic E-state index is 0.00452. The van der Waals surface area contributed by atoms with Gasteiger partial charge >= 0.3 is 0 Å². The summed E-state index contributed by atoms with van der Waals surface area (Å²) in [6.45, 7) is -0.00452. The predicted octanol–water partition coefficient (Wildman–Crippen LogP) is 13.8. The molecule has 3 heterocycles. The van der Waals surface area contributed by atoms with Gasteiger partial charge in [-0.05, 0) is 113 Å². The Hall–Kier alpha value is -8.28. The number of fused-ring (bicyclic) bond motifs is 7. The number of hydrogen-bond acceptors (Lipinski definition) is 4. The van der Waals surface area contributed by atoms with Gasteiger partial charge in [-0.15, -0.1) is 0 Å². The van der Waals surface area contributed by atoms with E-state index in [4.69, 9.17) is 0 Å². The van der Waals surface area contributed by atoms with Gasteiger partial charge in [-0.3, -0.25) is 0 Å². The molecular weight excluding hydrogens is 763 g/mol. The van der Waals surface area contributed by atoms with Crippen molar-refractivity contribution in [3.05, 3.63) is 237 Å². The van der Waals surface area contributed by atoms with Gasteiger partial charge in [0.2, 0.25) is 0 Å². The van der Waals surface area contributed by atoms with Crippen LogP contribution in [0, 0.1) is 0 Å². The molecule has 10 aromatic carbocycles. The highest BCUT2D eigenvalue weighted by Gasteiger charge is 2.47. The Morgan fingerprint density at radius 2 is 0.794 bits per heavy atom. The highest BCUT2D eigenvalue weighted by atomic mass is 15.2. The van der Waals surface area contributed by atoms with Crippen molar-refractivity contribution in [3.8, 4) is 11.1 Å². The second-order valence-corrected chi connectivity index (χ2v) is 16.5. The molecule has 13 rings (SSSR count). The fraction of sp³-hybridized carbons (Fsp3) is 0. The first kappa shape index (κ1) is 35.5. The molecule has 0 amide bonds. The van der Waals surface area contributed by atoms with Crippen LogP contribution in [-0.2, 0) is 0 Å². The van der Waals surface area contributed by atoms with Crippen LogP contribution < -0.4 is 36.0 Å². The Balaban J connectivity index is 1.20. The molecule has 0 radical (unpaired) electrons. The van der Waals surface area contributed by atoms with Gasteiger partial charge < -0.3 is 19.6 Å². The molecule has 0 aromatic heterocycles. The molecule has 0 saturated heterocycles. The molecule has 10 aromatic rings. The Morgan fingerprint density at radius 1 is 0.333 bits per heavy atom. The lowest BCUT2D eigenvalue weighted by molar-refractivity contribution is 1.21. The molecular formula is C58H39BN4. The molecule has 0 aliphatic carbocycles. The quantitative estimate of drug-likeness (QED) is 0.155. The van der Waals surface area contributed by atoms with Gasteiger partial charge in [0.25, 0.3) is 6.71 Å². The van der Waals surface area contributed by atoms with Gasteiger partial charge in [0.1, 0.15) is 0 Å². The summed E-state index contributed by atoms with van der Waals surface area (Å²) in [4.78, 5) is 10.00. The second kappa shape index (κ2) is 14.2. The van der Waals surface area contributed by atoms with E-state index in [1.165, 1.54) is 66.7 Å². The summed E-state index contributed by atoms with van der Waals surface area (Å²) in [7, 11) is 0. The zero-order valence-electron chi connectivity index (χ0n) is 34.4. The van der Waals surface area contributed by atoms with Crippen LogP contribution in [0.2, 0.25) is 0 Å². The lowest BCUT2D eigenvalue weighted by atomic mass is 9.33. The van der Waals surface area contributed by atoms with E-state index in [1.807, 2.05) is 0 Å². The maximum atomic E-state index is 2.55. The molecule has 0 saturated carbocycles. The molecule has 294 valence electrons. The van der Waals surface area contributed by atoms with E-state index in [1.54, 1.807) is 0 Å². The lowest BCUT2D eigenvalue weighted by Gasteiger charge is -2.47. The summed E-state index contributed by atoms with van der Waals surface area (Å²) in [5.74, 6) is 0. The monoisotopic (exact) mass is 802 g/mol. The average molecular weight is 803 g/mol. The van der Waals surface area contributed by atoms with E-state index in [2.05, 4.69) is 256 Å². The second-order valence-electron chi connectivity index (χ2n) is 16.5. The van der Waals surface area contributed by atoms with Crippen LogP contribution in [0.4, 0.5) is 68.2 Å². The third-order valence-electron chi connectivity index (χ3n) is 13.1. The molecule has 63 heavy (non-hydrogen) atoms. The number of anilines is 12. The molecule has 0 unspecified atom stereocenters. The third kappa shape index (κ3) is 5.30. The third-order valence-corrected chi connectivity index (χ3v) is 13.1. The van der Waals surface area contributed by atoms with Crippen LogP contribution in [0.1, 0.15) is 0 Å².